The van der Waals surface area contributed by atoms with Crippen LogP contribution in [0.25, 0.3) is 0 Å². The van der Waals surface area contributed by atoms with Gasteiger partial charge in [-0.3, -0.25) is 4.79 Å². The summed E-state index contributed by atoms with van der Waals surface area (Å²) in [5.74, 6) is 1.83. The van der Waals surface area contributed by atoms with Gasteiger partial charge in [-0.1, -0.05) is 6.07 Å². The van der Waals surface area contributed by atoms with E-state index >= 15 is 0 Å². The summed E-state index contributed by atoms with van der Waals surface area (Å²) in [5.41, 5.74) is 1.12. The molecule has 0 bridgehead atoms. The number of amides is 1. The van der Waals surface area contributed by atoms with Crippen LogP contribution in [0.2, 0.25) is 0 Å². The van der Waals surface area contributed by atoms with Crippen molar-refractivity contribution in [3.05, 3.63) is 23.8 Å². The highest BCUT2D eigenvalue weighted by Crippen LogP contribution is 2.32. The first-order valence-electron chi connectivity index (χ1n) is 5.82. The van der Waals surface area contributed by atoms with Crippen molar-refractivity contribution >= 4 is 5.91 Å². The second kappa shape index (κ2) is 5.08. The van der Waals surface area contributed by atoms with Gasteiger partial charge in [0.25, 0.3) is 0 Å². The van der Waals surface area contributed by atoms with Gasteiger partial charge < -0.3 is 14.8 Å². The van der Waals surface area contributed by atoms with E-state index in [1.165, 1.54) is 0 Å². The number of carbonyl (C=O) groups excluding carboxylic acids is 1. The van der Waals surface area contributed by atoms with Crippen molar-refractivity contribution in [1.82, 2.24) is 5.32 Å². The zero-order chi connectivity index (χ0) is 12.3. The average molecular weight is 235 g/mol. The van der Waals surface area contributed by atoms with Gasteiger partial charge in [0.1, 0.15) is 0 Å². The Morgan fingerprint density at radius 2 is 2.24 bits per heavy atom. The Morgan fingerprint density at radius 1 is 1.41 bits per heavy atom. The Morgan fingerprint density at radius 3 is 2.82 bits per heavy atom. The molecule has 4 heteroatoms. The third kappa shape index (κ3) is 2.52. The Balaban J connectivity index is 2.23. The van der Waals surface area contributed by atoms with Crippen molar-refractivity contribution in [2.45, 2.75) is 19.3 Å². The molecular weight excluding hydrogens is 218 g/mol. The van der Waals surface area contributed by atoms with E-state index in [4.69, 9.17) is 9.47 Å². The Hall–Kier alpha value is -1.71. The monoisotopic (exact) mass is 235 g/mol. The Kier molecular flexibility index (Phi) is 3.52. The minimum Gasteiger partial charge on any atom is -0.493 e. The number of nitrogens with one attached hydrogen (secondary N) is 1. The van der Waals surface area contributed by atoms with Gasteiger partial charge in [-0.05, 0) is 24.6 Å². The van der Waals surface area contributed by atoms with Gasteiger partial charge in [-0.2, -0.15) is 0 Å². The SMILES string of the molecule is CCOc1cc([C@@H]2CNC(=O)C2)ccc1OC. The van der Waals surface area contributed by atoms with E-state index in [2.05, 4.69) is 5.32 Å². The lowest BCUT2D eigenvalue weighted by molar-refractivity contribution is -0.119. The molecule has 0 spiro atoms. The van der Waals surface area contributed by atoms with Crippen LogP contribution >= 0.6 is 0 Å². The third-order valence-corrected chi connectivity index (χ3v) is 2.94. The van der Waals surface area contributed by atoms with Crippen LogP contribution in [0.15, 0.2) is 18.2 Å². The summed E-state index contributed by atoms with van der Waals surface area (Å²) >= 11 is 0. The van der Waals surface area contributed by atoms with Crippen LogP contribution in [0.5, 0.6) is 11.5 Å². The molecule has 1 amide bonds. The van der Waals surface area contributed by atoms with Gasteiger partial charge in [0.05, 0.1) is 13.7 Å². The lowest BCUT2D eigenvalue weighted by atomic mass is 9.98. The molecule has 1 fully saturated rings. The second-order valence-electron chi connectivity index (χ2n) is 4.05. The summed E-state index contributed by atoms with van der Waals surface area (Å²) in [4.78, 5) is 11.2. The molecule has 0 radical (unpaired) electrons. The van der Waals surface area contributed by atoms with E-state index in [1.807, 2.05) is 25.1 Å². The van der Waals surface area contributed by atoms with E-state index in [1.54, 1.807) is 7.11 Å². The van der Waals surface area contributed by atoms with Gasteiger partial charge in [-0.25, -0.2) is 0 Å². The molecule has 1 aromatic carbocycles. The van der Waals surface area contributed by atoms with Crippen molar-refractivity contribution in [2.24, 2.45) is 0 Å². The quantitative estimate of drug-likeness (QED) is 0.864. The number of carbonyl (C=O) groups is 1. The minimum atomic E-state index is 0.115. The number of ether oxygens (including phenoxy) is 2. The lowest BCUT2D eigenvalue weighted by Gasteiger charge is -2.13. The van der Waals surface area contributed by atoms with E-state index in [9.17, 15) is 4.79 Å². The van der Waals surface area contributed by atoms with Crippen molar-refractivity contribution in [2.75, 3.05) is 20.3 Å². The summed E-state index contributed by atoms with van der Waals surface area (Å²) in [6.45, 7) is 3.24. The summed E-state index contributed by atoms with van der Waals surface area (Å²) < 4.78 is 10.8. The Labute approximate surface area is 101 Å². The molecule has 1 N–H and O–H groups in total. The van der Waals surface area contributed by atoms with Crippen LogP contribution in [0.4, 0.5) is 0 Å². The van der Waals surface area contributed by atoms with Crippen molar-refractivity contribution in [1.29, 1.82) is 0 Å². The highest BCUT2D eigenvalue weighted by molar-refractivity contribution is 5.79. The normalized spacial score (nSPS) is 18.9. The minimum absolute atomic E-state index is 0.115. The Bertz CT molecular complexity index is 417. The molecule has 1 saturated heterocycles. The van der Waals surface area contributed by atoms with E-state index < -0.39 is 0 Å². The highest BCUT2D eigenvalue weighted by Gasteiger charge is 2.23. The van der Waals surface area contributed by atoms with Gasteiger partial charge in [0.15, 0.2) is 11.5 Å². The van der Waals surface area contributed by atoms with Crippen LogP contribution < -0.4 is 14.8 Å². The fourth-order valence-electron chi connectivity index (χ4n) is 2.06. The maximum atomic E-state index is 11.2. The topological polar surface area (TPSA) is 47.6 Å². The highest BCUT2D eigenvalue weighted by atomic mass is 16.5. The van der Waals surface area contributed by atoms with Gasteiger partial charge in [-0.15, -0.1) is 0 Å². The van der Waals surface area contributed by atoms with E-state index in [0.717, 1.165) is 17.1 Å². The number of hydrogen-bond acceptors (Lipinski definition) is 3. The van der Waals surface area contributed by atoms with Crippen molar-refractivity contribution in [3.63, 3.8) is 0 Å². The summed E-state index contributed by atoms with van der Waals surface area (Å²) in [6, 6.07) is 5.85. The molecule has 1 aliphatic heterocycles. The van der Waals surface area contributed by atoms with E-state index in [-0.39, 0.29) is 11.8 Å². The fourth-order valence-corrected chi connectivity index (χ4v) is 2.06. The van der Waals surface area contributed by atoms with Crippen LogP contribution in [0, 0.1) is 0 Å². The molecule has 2 rings (SSSR count). The maximum absolute atomic E-state index is 11.2. The van der Waals surface area contributed by atoms with Gasteiger partial charge in [0.2, 0.25) is 5.91 Å². The zero-order valence-corrected chi connectivity index (χ0v) is 10.2. The molecule has 0 aromatic heterocycles. The molecule has 0 unspecified atom stereocenters. The summed E-state index contributed by atoms with van der Waals surface area (Å²) in [6.07, 6.45) is 0.553. The van der Waals surface area contributed by atoms with Crippen LogP contribution in [-0.4, -0.2) is 26.2 Å². The zero-order valence-electron chi connectivity index (χ0n) is 10.2. The van der Waals surface area contributed by atoms with Gasteiger partial charge >= 0.3 is 0 Å². The molecule has 1 aromatic rings. The first-order chi connectivity index (χ1) is 8.24. The molecule has 92 valence electrons. The van der Waals surface area contributed by atoms with E-state index in [0.29, 0.717) is 19.6 Å². The number of benzene rings is 1. The van der Waals surface area contributed by atoms with Crippen LogP contribution in [0.3, 0.4) is 0 Å². The third-order valence-electron chi connectivity index (χ3n) is 2.94. The molecule has 0 aliphatic carbocycles. The number of rotatable bonds is 4. The summed E-state index contributed by atoms with van der Waals surface area (Å²) in [7, 11) is 1.62. The lowest BCUT2D eigenvalue weighted by Crippen LogP contribution is -2.13. The van der Waals surface area contributed by atoms with Crippen LogP contribution in [-0.2, 0) is 4.79 Å². The van der Waals surface area contributed by atoms with Crippen molar-refractivity contribution < 1.29 is 14.3 Å². The second-order valence-corrected chi connectivity index (χ2v) is 4.05. The molecule has 1 atom stereocenters. The first kappa shape index (κ1) is 11.8. The van der Waals surface area contributed by atoms with Crippen LogP contribution in [0.1, 0.15) is 24.8 Å². The standard InChI is InChI=1S/C13H17NO3/c1-3-17-12-6-9(4-5-11(12)16-2)10-7-13(15)14-8-10/h4-6,10H,3,7-8H2,1-2H3,(H,14,15)/t10-/m0/s1. The largest absolute Gasteiger partial charge is 0.493 e. The molecular formula is C13H17NO3. The van der Waals surface area contributed by atoms with Crippen molar-refractivity contribution in [3.8, 4) is 11.5 Å². The fraction of sp³-hybridized carbons (Fsp3) is 0.462. The summed E-state index contributed by atoms with van der Waals surface area (Å²) in [5, 5.41) is 2.84. The average Bonchev–Trinajstić information content (AvgIpc) is 2.76. The smallest absolute Gasteiger partial charge is 0.220 e. The molecule has 1 aliphatic rings. The molecule has 1 heterocycles. The molecule has 4 nitrogen and oxygen atoms in total. The first-order valence-corrected chi connectivity index (χ1v) is 5.82. The predicted molar refractivity (Wildman–Crippen MR) is 64.5 cm³/mol. The predicted octanol–water partition coefficient (Wildman–Crippen LogP) is 1.70. The maximum Gasteiger partial charge on any atom is 0.220 e. The molecule has 0 saturated carbocycles. The molecule has 17 heavy (non-hydrogen) atoms. The van der Waals surface area contributed by atoms with Gasteiger partial charge in [0, 0.05) is 18.9 Å². The number of methoxy groups -OCH3 is 1. The number of hydrogen-bond donors (Lipinski definition) is 1.